The Morgan fingerprint density at radius 1 is 1.23 bits per heavy atom. The average molecular weight is 350 g/mol. The molecule has 6 nitrogen and oxygen atoms in total. The number of nitriles is 1. The maximum absolute atomic E-state index is 14.2. The molecule has 3 aromatic rings. The summed E-state index contributed by atoms with van der Waals surface area (Å²) in [5.74, 6) is 0.297. The lowest BCUT2D eigenvalue weighted by molar-refractivity contribution is 0.230. The van der Waals surface area contributed by atoms with Crippen LogP contribution in [0.4, 0.5) is 10.2 Å². The van der Waals surface area contributed by atoms with Crippen molar-refractivity contribution in [2.75, 3.05) is 31.1 Å². The lowest BCUT2D eigenvalue weighted by atomic mass is 10.1. The number of aryl methyl sites for hydroxylation is 1. The second-order valence-corrected chi connectivity index (χ2v) is 7.24. The van der Waals surface area contributed by atoms with Crippen LogP contribution in [0.5, 0.6) is 0 Å². The molecule has 26 heavy (non-hydrogen) atoms. The number of nitrogens with zero attached hydrogens (tertiary/aromatic N) is 6. The summed E-state index contributed by atoms with van der Waals surface area (Å²) in [4.78, 5) is 9.61. The van der Waals surface area contributed by atoms with Crippen molar-refractivity contribution < 1.29 is 4.39 Å². The summed E-state index contributed by atoms with van der Waals surface area (Å²) < 4.78 is 15.9. The van der Waals surface area contributed by atoms with Crippen LogP contribution in [0.25, 0.3) is 21.8 Å². The van der Waals surface area contributed by atoms with Crippen molar-refractivity contribution in [1.29, 1.82) is 5.26 Å². The number of aromatic nitrogens is 3. The van der Waals surface area contributed by atoms with Crippen LogP contribution >= 0.6 is 0 Å². The van der Waals surface area contributed by atoms with Gasteiger partial charge in [-0.05, 0) is 25.5 Å². The first-order valence-corrected chi connectivity index (χ1v) is 9.00. The second-order valence-electron chi connectivity index (χ2n) is 7.24. The lowest BCUT2D eigenvalue weighted by Gasteiger charge is -2.38. The van der Waals surface area contributed by atoms with Gasteiger partial charge in [-0.1, -0.05) is 0 Å². The zero-order valence-corrected chi connectivity index (χ0v) is 14.6. The highest BCUT2D eigenvalue weighted by Gasteiger charge is 2.32. The van der Waals surface area contributed by atoms with Crippen molar-refractivity contribution >= 4 is 27.6 Å². The Bertz CT molecular complexity index is 1070. The molecule has 1 aromatic carbocycles. The quantitative estimate of drug-likeness (QED) is 0.674. The van der Waals surface area contributed by atoms with Gasteiger partial charge in [-0.2, -0.15) is 10.4 Å². The zero-order valence-electron chi connectivity index (χ0n) is 14.6. The standard InChI is InChI=1S/C19H19FN6/c1-24-11-15-14-7-12(9-21)16(20)8-17(14)22-19(18(15)23-24)26-6-5-25-4-2-3-13(25)10-26/h7-8,11,13H,2-6,10H2,1H3. The van der Waals surface area contributed by atoms with Crippen molar-refractivity contribution in [3.05, 3.63) is 29.7 Å². The summed E-state index contributed by atoms with van der Waals surface area (Å²) in [6.07, 6.45) is 4.40. The van der Waals surface area contributed by atoms with E-state index < -0.39 is 5.82 Å². The predicted molar refractivity (Wildman–Crippen MR) is 97.5 cm³/mol. The van der Waals surface area contributed by atoms with Crippen LogP contribution in [-0.2, 0) is 7.05 Å². The van der Waals surface area contributed by atoms with E-state index in [4.69, 9.17) is 10.2 Å². The van der Waals surface area contributed by atoms with Crippen molar-refractivity contribution in [1.82, 2.24) is 19.7 Å². The van der Waals surface area contributed by atoms with E-state index in [1.165, 1.54) is 25.5 Å². The molecule has 132 valence electrons. The molecular weight excluding hydrogens is 331 g/mol. The van der Waals surface area contributed by atoms with E-state index in [-0.39, 0.29) is 5.56 Å². The molecule has 0 amide bonds. The number of hydrogen-bond acceptors (Lipinski definition) is 5. The topological polar surface area (TPSA) is 61.0 Å². The number of fused-ring (bicyclic) bond motifs is 4. The zero-order chi connectivity index (χ0) is 17.8. The van der Waals surface area contributed by atoms with E-state index in [2.05, 4.69) is 14.9 Å². The number of anilines is 1. The van der Waals surface area contributed by atoms with Gasteiger partial charge in [-0.25, -0.2) is 9.37 Å². The predicted octanol–water partition coefficient (Wildman–Crippen LogP) is 2.42. The molecule has 0 bridgehead atoms. The van der Waals surface area contributed by atoms with Crippen LogP contribution < -0.4 is 4.90 Å². The van der Waals surface area contributed by atoms with Crippen LogP contribution in [0.2, 0.25) is 0 Å². The molecule has 2 aliphatic heterocycles. The summed E-state index contributed by atoms with van der Waals surface area (Å²) >= 11 is 0. The van der Waals surface area contributed by atoms with Crippen molar-refractivity contribution in [2.45, 2.75) is 18.9 Å². The molecule has 0 spiro atoms. The first-order chi connectivity index (χ1) is 12.6. The van der Waals surface area contributed by atoms with Gasteiger partial charge in [0, 0.05) is 55.8 Å². The van der Waals surface area contributed by atoms with Crippen LogP contribution in [0.15, 0.2) is 18.3 Å². The Morgan fingerprint density at radius 3 is 2.96 bits per heavy atom. The Balaban J connectivity index is 1.70. The van der Waals surface area contributed by atoms with E-state index in [1.54, 1.807) is 10.7 Å². The molecular formula is C19H19FN6. The fourth-order valence-corrected chi connectivity index (χ4v) is 4.38. The van der Waals surface area contributed by atoms with Gasteiger partial charge >= 0.3 is 0 Å². The van der Waals surface area contributed by atoms with Crippen LogP contribution in [0.3, 0.4) is 0 Å². The lowest BCUT2D eigenvalue weighted by Crippen LogP contribution is -2.50. The largest absolute Gasteiger partial charge is 0.352 e. The molecule has 4 heterocycles. The molecule has 1 atom stereocenters. The van der Waals surface area contributed by atoms with Gasteiger partial charge in [0.15, 0.2) is 5.82 Å². The molecule has 2 saturated heterocycles. The number of pyridine rings is 1. The number of hydrogen-bond donors (Lipinski definition) is 0. The second kappa shape index (κ2) is 5.64. The Morgan fingerprint density at radius 2 is 2.12 bits per heavy atom. The third kappa shape index (κ3) is 2.26. The summed E-state index contributed by atoms with van der Waals surface area (Å²) in [6, 6.07) is 5.44. The minimum atomic E-state index is -0.526. The summed E-state index contributed by atoms with van der Waals surface area (Å²) in [5, 5.41) is 15.5. The van der Waals surface area contributed by atoms with Gasteiger partial charge in [0.1, 0.15) is 17.4 Å². The first-order valence-electron chi connectivity index (χ1n) is 9.00. The maximum Gasteiger partial charge on any atom is 0.157 e. The first kappa shape index (κ1) is 15.5. The molecule has 0 radical (unpaired) electrons. The van der Waals surface area contributed by atoms with Gasteiger partial charge in [-0.15, -0.1) is 0 Å². The fourth-order valence-electron chi connectivity index (χ4n) is 4.38. The Labute approximate surface area is 150 Å². The van der Waals surface area contributed by atoms with E-state index >= 15 is 0 Å². The third-order valence-corrected chi connectivity index (χ3v) is 5.65. The van der Waals surface area contributed by atoms with E-state index in [1.807, 2.05) is 19.3 Å². The number of rotatable bonds is 1. The molecule has 0 aliphatic carbocycles. The summed E-state index contributed by atoms with van der Waals surface area (Å²) in [7, 11) is 1.87. The number of benzene rings is 1. The SMILES string of the molecule is Cn1cc2c(n1)c(N1CCN3CCCC3C1)nc1cc(F)c(C#N)cc12. The highest BCUT2D eigenvalue weighted by molar-refractivity contribution is 6.08. The molecule has 1 unspecified atom stereocenters. The normalized spacial score (nSPS) is 20.7. The Kier molecular flexibility index (Phi) is 3.37. The summed E-state index contributed by atoms with van der Waals surface area (Å²) in [5.41, 5.74) is 1.43. The molecule has 2 fully saturated rings. The Hall–Kier alpha value is -2.72. The highest BCUT2D eigenvalue weighted by atomic mass is 19.1. The molecule has 0 N–H and O–H groups in total. The number of piperazine rings is 1. The minimum absolute atomic E-state index is 0.0387. The summed E-state index contributed by atoms with van der Waals surface area (Å²) in [6.45, 7) is 4.05. The molecule has 0 saturated carbocycles. The number of halogens is 1. The highest BCUT2D eigenvalue weighted by Crippen LogP contribution is 2.33. The van der Waals surface area contributed by atoms with Crippen LogP contribution in [-0.4, -0.2) is 51.9 Å². The van der Waals surface area contributed by atoms with Crippen LogP contribution in [0, 0.1) is 17.1 Å². The minimum Gasteiger partial charge on any atom is -0.352 e. The van der Waals surface area contributed by atoms with E-state index in [0.29, 0.717) is 11.6 Å². The van der Waals surface area contributed by atoms with E-state index in [0.717, 1.165) is 41.7 Å². The van der Waals surface area contributed by atoms with E-state index in [9.17, 15) is 4.39 Å². The van der Waals surface area contributed by atoms with Crippen molar-refractivity contribution in [2.24, 2.45) is 7.05 Å². The van der Waals surface area contributed by atoms with Gasteiger partial charge in [-0.3, -0.25) is 9.58 Å². The van der Waals surface area contributed by atoms with Gasteiger partial charge in [0.05, 0.1) is 11.1 Å². The molecule has 5 rings (SSSR count). The maximum atomic E-state index is 14.2. The third-order valence-electron chi connectivity index (χ3n) is 5.65. The van der Waals surface area contributed by atoms with Crippen LogP contribution in [0.1, 0.15) is 18.4 Å². The molecule has 2 aromatic heterocycles. The van der Waals surface area contributed by atoms with Crippen molar-refractivity contribution in [3.63, 3.8) is 0 Å². The van der Waals surface area contributed by atoms with Gasteiger partial charge in [0.2, 0.25) is 0 Å². The molecule has 7 heteroatoms. The van der Waals surface area contributed by atoms with Crippen molar-refractivity contribution in [3.8, 4) is 6.07 Å². The fraction of sp³-hybridized carbons (Fsp3) is 0.421. The molecule has 2 aliphatic rings. The average Bonchev–Trinajstić information content (AvgIpc) is 3.25. The monoisotopic (exact) mass is 350 g/mol. The smallest absolute Gasteiger partial charge is 0.157 e. The van der Waals surface area contributed by atoms with Gasteiger partial charge in [0.25, 0.3) is 0 Å². The van der Waals surface area contributed by atoms with Gasteiger partial charge < -0.3 is 4.90 Å².